The van der Waals surface area contributed by atoms with Gasteiger partial charge < -0.3 is 10.4 Å². The molecule has 3 atom stereocenters. The second-order valence-electron chi connectivity index (χ2n) is 5.57. The van der Waals surface area contributed by atoms with E-state index in [0.29, 0.717) is 0 Å². The summed E-state index contributed by atoms with van der Waals surface area (Å²) < 4.78 is 13.1. The molecule has 0 bridgehead atoms. The third-order valence-corrected chi connectivity index (χ3v) is 4.02. The van der Waals surface area contributed by atoms with E-state index in [1.807, 2.05) is 13.0 Å². The molecule has 0 aromatic heterocycles. The maximum atomic E-state index is 13.1. The summed E-state index contributed by atoms with van der Waals surface area (Å²) in [5.41, 5.74) is 0.851. The van der Waals surface area contributed by atoms with Gasteiger partial charge in [-0.05, 0) is 31.0 Å². The van der Waals surface area contributed by atoms with Gasteiger partial charge in [-0.2, -0.15) is 0 Å². The van der Waals surface area contributed by atoms with Gasteiger partial charge in [-0.1, -0.05) is 26.0 Å². The van der Waals surface area contributed by atoms with Crippen LogP contribution in [-0.2, 0) is 0 Å². The summed E-state index contributed by atoms with van der Waals surface area (Å²) in [6, 6.07) is 7.04. The minimum absolute atomic E-state index is 0.0956. The first-order chi connectivity index (χ1) is 7.91. The van der Waals surface area contributed by atoms with Gasteiger partial charge in [0.1, 0.15) is 5.82 Å². The molecular formula is C14H20FNO. The molecule has 1 aromatic rings. The van der Waals surface area contributed by atoms with Crippen LogP contribution in [0.15, 0.2) is 24.3 Å². The van der Waals surface area contributed by atoms with Gasteiger partial charge in [0.15, 0.2) is 0 Å². The smallest absolute Gasteiger partial charge is 0.123 e. The van der Waals surface area contributed by atoms with Crippen LogP contribution in [0.2, 0.25) is 0 Å². The van der Waals surface area contributed by atoms with Crippen molar-refractivity contribution in [2.24, 2.45) is 5.41 Å². The molecule has 0 saturated heterocycles. The Morgan fingerprint density at radius 3 is 2.71 bits per heavy atom. The number of rotatable bonds is 3. The van der Waals surface area contributed by atoms with Gasteiger partial charge in [-0.25, -0.2) is 4.39 Å². The van der Waals surface area contributed by atoms with Crippen LogP contribution >= 0.6 is 0 Å². The fourth-order valence-corrected chi connectivity index (χ4v) is 2.36. The highest BCUT2D eigenvalue weighted by molar-refractivity contribution is 5.20. The fourth-order valence-electron chi connectivity index (χ4n) is 2.36. The lowest BCUT2D eigenvalue weighted by atomic mass is 9.64. The average Bonchev–Trinajstić information content (AvgIpc) is 2.28. The van der Waals surface area contributed by atoms with Crippen LogP contribution in [0.25, 0.3) is 0 Å². The molecule has 3 heteroatoms. The Labute approximate surface area is 102 Å². The second kappa shape index (κ2) is 4.39. The molecule has 0 heterocycles. The summed E-state index contributed by atoms with van der Waals surface area (Å²) in [5.74, 6) is -0.205. The molecule has 3 unspecified atom stereocenters. The van der Waals surface area contributed by atoms with E-state index in [-0.39, 0.29) is 29.4 Å². The highest BCUT2D eigenvalue weighted by Gasteiger charge is 2.47. The molecule has 0 amide bonds. The summed E-state index contributed by atoms with van der Waals surface area (Å²) in [7, 11) is 0. The van der Waals surface area contributed by atoms with Crippen LogP contribution in [0.5, 0.6) is 0 Å². The van der Waals surface area contributed by atoms with Gasteiger partial charge in [0.05, 0.1) is 6.10 Å². The highest BCUT2D eigenvalue weighted by Crippen LogP contribution is 2.41. The minimum atomic E-state index is -0.236. The minimum Gasteiger partial charge on any atom is -0.392 e. The van der Waals surface area contributed by atoms with E-state index in [4.69, 9.17) is 0 Å². The Morgan fingerprint density at radius 2 is 2.18 bits per heavy atom. The molecule has 0 spiro atoms. The predicted molar refractivity (Wildman–Crippen MR) is 66.1 cm³/mol. The zero-order chi connectivity index (χ0) is 12.6. The van der Waals surface area contributed by atoms with Crippen molar-refractivity contribution in [1.82, 2.24) is 5.32 Å². The molecule has 1 aliphatic rings. The van der Waals surface area contributed by atoms with E-state index < -0.39 is 0 Å². The maximum absolute atomic E-state index is 13.1. The van der Waals surface area contributed by atoms with E-state index in [1.165, 1.54) is 6.07 Å². The normalized spacial score (nSPS) is 28.5. The molecule has 94 valence electrons. The standard InChI is InChI=1S/C14H20FNO/c1-9(10-5-4-6-11(15)7-10)16-12-8-13(17)14(12,2)3/h4-7,9,12-13,16-17H,8H2,1-3H3. The number of aliphatic hydroxyl groups excluding tert-OH is 1. The molecule has 2 N–H and O–H groups in total. The van der Waals surface area contributed by atoms with Crippen LogP contribution in [0, 0.1) is 11.2 Å². The highest BCUT2D eigenvalue weighted by atomic mass is 19.1. The average molecular weight is 237 g/mol. The number of benzene rings is 1. The van der Waals surface area contributed by atoms with E-state index in [2.05, 4.69) is 19.2 Å². The molecule has 1 fully saturated rings. The summed E-state index contributed by atoms with van der Waals surface area (Å²) in [5, 5.41) is 13.1. The van der Waals surface area contributed by atoms with Crippen molar-refractivity contribution in [3.8, 4) is 0 Å². The van der Waals surface area contributed by atoms with Crippen molar-refractivity contribution in [2.45, 2.75) is 45.4 Å². The molecule has 1 aromatic carbocycles. The first kappa shape index (κ1) is 12.5. The van der Waals surface area contributed by atoms with Crippen LogP contribution < -0.4 is 5.32 Å². The lowest BCUT2D eigenvalue weighted by Gasteiger charge is -2.50. The van der Waals surface area contributed by atoms with Crippen LogP contribution in [0.3, 0.4) is 0 Å². The molecule has 17 heavy (non-hydrogen) atoms. The van der Waals surface area contributed by atoms with Crippen molar-refractivity contribution >= 4 is 0 Å². The molecule has 0 aliphatic heterocycles. The molecule has 1 saturated carbocycles. The summed E-state index contributed by atoms with van der Waals surface area (Å²) in [4.78, 5) is 0. The van der Waals surface area contributed by atoms with Gasteiger partial charge in [-0.15, -0.1) is 0 Å². The Kier molecular flexibility index (Phi) is 3.23. The molecule has 0 radical (unpaired) electrons. The van der Waals surface area contributed by atoms with Crippen molar-refractivity contribution in [1.29, 1.82) is 0 Å². The van der Waals surface area contributed by atoms with E-state index >= 15 is 0 Å². The summed E-state index contributed by atoms with van der Waals surface area (Å²) in [6.45, 7) is 6.13. The number of halogens is 1. The largest absolute Gasteiger partial charge is 0.392 e. The molecule has 2 nitrogen and oxygen atoms in total. The number of aliphatic hydroxyl groups is 1. The second-order valence-corrected chi connectivity index (χ2v) is 5.57. The van der Waals surface area contributed by atoms with Gasteiger partial charge in [0.2, 0.25) is 0 Å². The summed E-state index contributed by atoms with van der Waals surface area (Å²) in [6.07, 6.45) is 0.534. The van der Waals surface area contributed by atoms with Crippen LogP contribution in [0.4, 0.5) is 4.39 Å². The lowest BCUT2D eigenvalue weighted by Crippen LogP contribution is -2.60. The van der Waals surface area contributed by atoms with Gasteiger partial charge in [-0.3, -0.25) is 0 Å². The zero-order valence-corrected chi connectivity index (χ0v) is 10.6. The zero-order valence-electron chi connectivity index (χ0n) is 10.6. The molecule has 1 aliphatic carbocycles. The number of nitrogens with one attached hydrogen (secondary N) is 1. The fraction of sp³-hybridized carbons (Fsp3) is 0.571. The topological polar surface area (TPSA) is 32.3 Å². The quantitative estimate of drug-likeness (QED) is 0.847. The summed E-state index contributed by atoms with van der Waals surface area (Å²) >= 11 is 0. The number of hydrogen-bond donors (Lipinski definition) is 2. The lowest BCUT2D eigenvalue weighted by molar-refractivity contribution is -0.0754. The molecular weight excluding hydrogens is 217 g/mol. The van der Waals surface area contributed by atoms with Gasteiger partial charge >= 0.3 is 0 Å². The third-order valence-electron chi connectivity index (χ3n) is 4.02. The first-order valence-electron chi connectivity index (χ1n) is 6.11. The van der Waals surface area contributed by atoms with Gasteiger partial charge in [0.25, 0.3) is 0 Å². The Bertz CT molecular complexity index is 405. The Morgan fingerprint density at radius 1 is 1.47 bits per heavy atom. The van der Waals surface area contributed by atoms with Crippen molar-refractivity contribution in [3.05, 3.63) is 35.6 Å². The van der Waals surface area contributed by atoms with E-state index in [9.17, 15) is 9.50 Å². The maximum Gasteiger partial charge on any atom is 0.123 e. The molecule has 2 rings (SSSR count). The van der Waals surface area contributed by atoms with Crippen molar-refractivity contribution in [3.63, 3.8) is 0 Å². The SMILES string of the molecule is CC(NC1CC(O)C1(C)C)c1cccc(F)c1. The van der Waals surface area contributed by atoms with Crippen molar-refractivity contribution in [2.75, 3.05) is 0 Å². The van der Waals surface area contributed by atoms with Gasteiger partial charge in [0, 0.05) is 17.5 Å². The first-order valence-corrected chi connectivity index (χ1v) is 6.11. The van der Waals surface area contributed by atoms with Crippen molar-refractivity contribution < 1.29 is 9.50 Å². The Hall–Kier alpha value is -0.930. The van der Waals surface area contributed by atoms with E-state index in [0.717, 1.165) is 12.0 Å². The van der Waals surface area contributed by atoms with E-state index in [1.54, 1.807) is 12.1 Å². The van der Waals surface area contributed by atoms with Crippen LogP contribution in [-0.4, -0.2) is 17.3 Å². The predicted octanol–water partition coefficient (Wildman–Crippen LogP) is 2.64. The monoisotopic (exact) mass is 237 g/mol. The number of hydrogen-bond acceptors (Lipinski definition) is 2. The van der Waals surface area contributed by atoms with Crippen LogP contribution in [0.1, 0.15) is 38.8 Å². The Balaban J connectivity index is 2.01. The third kappa shape index (κ3) is 2.35.